The molecule has 1 aliphatic rings. The van der Waals surface area contributed by atoms with Crippen molar-refractivity contribution in [3.8, 4) is 0 Å². The van der Waals surface area contributed by atoms with Crippen molar-refractivity contribution in [3.63, 3.8) is 0 Å². The smallest absolute Gasteiger partial charge is 0.128 e. The molecule has 1 fully saturated rings. The highest BCUT2D eigenvalue weighted by Gasteiger charge is 2.19. The second-order valence-electron chi connectivity index (χ2n) is 3.28. The zero-order valence-corrected chi connectivity index (χ0v) is 8.01. The zero-order valence-electron chi connectivity index (χ0n) is 7.26. The molecule has 0 bridgehead atoms. The molecule has 3 nitrogen and oxygen atoms in total. The van der Waals surface area contributed by atoms with Crippen molar-refractivity contribution in [2.75, 3.05) is 12.3 Å². The molecule has 0 saturated carbocycles. The summed E-state index contributed by atoms with van der Waals surface area (Å²) in [6, 6.07) is 2.23. The molecule has 0 amide bonds. The van der Waals surface area contributed by atoms with Gasteiger partial charge in [-0.15, -0.1) is 0 Å². The molecule has 0 spiro atoms. The molecule has 0 unspecified atom stereocenters. The van der Waals surface area contributed by atoms with Gasteiger partial charge in [0.2, 0.25) is 0 Å². The quantitative estimate of drug-likeness (QED) is 0.721. The summed E-state index contributed by atoms with van der Waals surface area (Å²) in [7, 11) is 0. The van der Waals surface area contributed by atoms with Crippen molar-refractivity contribution < 1.29 is 0 Å². The normalized spacial score (nSPS) is 22.1. The van der Waals surface area contributed by atoms with Gasteiger partial charge in [-0.3, -0.25) is 0 Å². The van der Waals surface area contributed by atoms with Crippen LogP contribution in [0.15, 0.2) is 12.3 Å². The third-order valence-electron chi connectivity index (χ3n) is 2.35. The first-order chi connectivity index (χ1) is 6.27. The van der Waals surface area contributed by atoms with Gasteiger partial charge in [0.05, 0.1) is 5.02 Å². The van der Waals surface area contributed by atoms with Crippen LogP contribution in [0.25, 0.3) is 0 Å². The Kier molecular flexibility index (Phi) is 2.38. The van der Waals surface area contributed by atoms with Crippen LogP contribution in [0.2, 0.25) is 5.02 Å². The highest BCUT2D eigenvalue weighted by atomic mass is 35.5. The van der Waals surface area contributed by atoms with E-state index in [1.54, 1.807) is 6.20 Å². The Labute approximate surface area is 82.3 Å². The summed E-state index contributed by atoms with van der Waals surface area (Å²) in [4.78, 5) is 4.03. The SMILES string of the molecule is Nc1ncc(Cl)cc1[C@@H]1CCCN1. The minimum Gasteiger partial charge on any atom is -0.383 e. The van der Waals surface area contributed by atoms with Gasteiger partial charge in [0, 0.05) is 17.8 Å². The number of halogens is 1. The molecule has 0 aromatic carbocycles. The second kappa shape index (κ2) is 3.52. The van der Waals surface area contributed by atoms with Gasteiger partial charge in [-0.25, -0.2) is 4.98 Å². The number of aromatic nitrogens is 1. The molecule has 13 heavy (non-hydrogen) atoms. The minimum absolute atomic E-state index is 0.339. The number of hydrogen-bond acceptors (Lipinski definition) is 3. The number of hydrogen-bond donors (Lipinski definition) is 2. The predicted molar refractivity (Wildman–Crippen MR) is 53.6 cm³/mol. The van der Waals surface area contributed by atoms with Gasteiger partial charge in [-0.2, -0.15) is 0 Å². The molecule has 3 N–H and O–H groups in total. The van der Waals surface area contributed by atoms with E-state index in [4.69, 9.17) is 17.3 Å². The Morgan fingerprint density at radius 3 is 3.15 bits per heavy atom. The van der Waals surface area contributed by atoms with E-state index in [-0.39, 0.29) is 0 Å². The van der Waals surface area contributed by atoms with Crippen LogP contribution < -0.4 is 11.1 Å². The summed E-state index contributed by atoms with van der Waals surface area (Å²) < 4.78 is 0. The maximum Gasteiger partial charge on any atom is 0.128 e. The van der Waals surface area contributed by atoms with Crippen molar-refractivity contribution in [2.24, 2.45) is 0 Å². The molecular formula is C9H12ClN3. The molecule has 2 heterocycles. The van der Waals surface area contributed by atoms with E-state index in [0.717, 1.165) is 18.5 Å². The first-order valence-electron chi connectivity index (χ1n) is 4.41. The van der Waals surface area contributed by atoms with Gasteiger partial charge in [0.25, 0.3) is 0 Å². The Morgan fingerprint density at radius 1 is 1.62 bits per heavy atom. The number of pyridine rings is 1. The number of nitrogens with zero attached hydrogens (tertiary/aromatic N) is 1. The molecule has 70 valence electrons. The topological polar surface area (TPSA) is 50.9 Å². The van der Waals surface area contributed by atoms with Gasteiger partial charge >= 0.3 is 0 Å². The lowest BCUT2D eigenvalue weighted by Crippen LogP contribution is -2.15. The summed E-state index contributed by atoms with van der Waals surface area (Å²) in [5.74, 6) is 0.587. The van der Waals surface area contributed by atoms with E-state index in [1.807, 2.05) is 6.07 Å². The van der Waals surface area contributed by atoms with Crippen molar-refractivity contribution in [2.45, 2.75) is 18.9 Å². The molecule has 1 atom stereocenters. The summed E-state index contributed by atoms with van der Waals surface area (Å²) in [6.07, 6.45) is 3.89. The van der Waals surface area contributed by atoms with E-state index in [9.17, 15) is 0 Å². The van der Waals surface area contributed by atoms with Crippen LogP contribution in [0.3, 0.4) is 0 Å². The van der Waals surface area contributed by atoms with E-state index in [1.165, 1.54) is 6.42 Å². The summed E-state index contributed by atoms with van der Waals surface area (Å²) in [5, 5.41) is 4.01. The Bertz CT molecular complexity index is 308. The fourth-order valence-corrected chi connectivity index (χ4v) is 1.86. The molecule has 0 aliphatic carbocycles. The summed E-state index contributed by atoms with van der Waals surface area (Å²) in [6.45, 7) is 1.05. The first-order valence-corrected chi connectivity index (χ1v) is 4.79. The number of anilines is 1. The van der Waals surface area contributed by atoms with Crippen LogP contribution >= 0.6 is 11.6 Å². The standard InChI is InChI=1S/C9H12ClN3/c10-6-4-7(9(11)13-5-6)8-2-1-3-12-8/h4-5,8,12H,1-3H2,(H2,11,13)/t8-/m0/s1. The molecule has 1 aliphatic heterocycles. The highest BCUT2D eigenvalue weighted by Crippen LogP contribution is 2.28. The molecule has 1 aromatic heterocycles. The van der Waals surface area contributed by atoms with Crippen LogP contribution in [-0.2, 0) is 0 Å². The van der Waals surface area contributed by atoms with Crippen LogP contribution in [0.4, 0.5) is 5.82 Å². The van der Waals surface area contributed by atoms with Gasteiger partial charge in [-0.05, 0) is 25.5 Å². The van der Waals surface area contributed by atoms with E-state index >= 15 is 0 Å². The van der Waals surface area contributed by atoms with Crippen LogP contribution in [0, 0.1) is 0 Å². The second-order valence-corrected chi connectivity index (χ2v) is 3.71. The summed E-state index contributed by atoms with van der Waals surface area (Å²) >= 11 is 5.85. The fourth-order valence-electron chi connectivity index (χ4n) is 1.69. The Hall–Kier alpha value is -0.800. The van der Waals surface area contributed by atoms with Gasteiger partial charge in [0.15, 0.2) is 0 Å². The van der Waals surface area contributed by atoms with E-state index < -0.39 is 0 Å². The molecule has 4 heteroatoms. The van der Waals surface area contributed by atoms with Crippen LogP contribution in [0.1, 0.15) is 24.4 Å². The third kappa shape index (κ3) is 1.76. The lowest BCUT2D eigenvalue weighted by Gasteiger charge is -2.12. The molecule has 0 radical (unpaired) electrons. The Balaban J connectivity index is 2.32. The van der Waals surface area contributed by atoms with Gasteiger partial charge in [-0.1, -0.05) is 11.6 Å². The number of rotatable bonds is 1. The maximum absolute atomic E-state index is 5.85. The lowest BCUT2D eigenvalue weighted by molar-refractivity contribution is 0.647. The van der Waals surface area contributed by atoms with E-state index in [0.29, 0.717) is 16.9 Å². The fraction of sp³-hybridized carbons (Fsp3) is 0.444. The predicted octanol–water partition coefficient (Wildman–Crippen LogP) is 1.74. The minimum atomic E-state index is 0.339. The average Bonchev–Trinajstić information content (AvgIpc) is 2.61. The molecular weight excluding hydrogens is 186 g/mol. The largest absolute Gasteiger partial charge is 0.383 e. The van der Waals surface area contributed by atoms with Crippen molar-refractivity contribution in [1.82, 2.24) is 10.3 Å². The summed E-state index contributed by atoms with van der Waals surface area (Å²) in [5.41, 5.74) is 6.79. The van der Waals surface area contributed by atoms with Gasteiger partial charge < -0.3 is 11.1 Å². The van der Waals surface area contributed by atoms with Crippen LogP contribution in [0.5, 0.6) is 0 Å². The molecule has 2 rings (SSSR count). The number of nitrogens with one attached hydrogen (secondary N) is 1. The van der Waals surface area contributed by atoms with E-state index in [2.05, 4.69) is 10.3 Å². The molecule has 1 saturated heterocycles. The Morgan fingerprint density at radius 2 is 2.46 bits per heavy atom. The third-order valence-corrected chi connectivity index (χ3v) is 2.56. The first kappa shape index (κ1) is 8.78. The van der Waals surface area contributed by atoms with Gasteiger partial charge in [0.1, 0.15) is 5.82 Å². The molecule has 1 aromatic rings. The van der Waals surface area contributed by atoms with Crippen molar-refractivity contribution in [1.29, 1.82) is 0 Å². The average molecular weight is 198 g/mol. The lowest BCUT2D eigenvalue weighted by atomic mass is 10.1. The zero-order chi connectivity index (χ0) is 9.26. The van der Waals surface area contributed by atoms with Crippen molar-refractivity contribution in [3.05, 3.63) is 22.8 Å². The highest BCUT2D eigenvalue weighted by molar-refractivity contribution is 6.30. The number of nitrogens with two attached hydrogens (primary N) is 1. The van der Waals surface area contributed by atoms with Crippen LogP contribution in [-0.4, -0.2) is 11.5 Å². The monoisotopic (exact) mass is 197 g/mol. The van der Waals surface area contributed by atoms with Crippen molar-refractivity contribution >= 4 is 17.4 Å². The number of nitrogen functional groups attached to an aromatic ring is 1. The maximum atomic E-state index is 5.85.